The van der Waals surface area contributed by atoms with Gasteiger partial charge in [0.2, 0.25) is 0 Å². The first kappa shape index (κ1) is 15.3. The Morgan fingerprint density at radius 3 is 2.16 bits per heavy atom. The monoisotopic (exact) mass is 287 g/mol. The van der Waals surface area contributed by atoms with Crippen LogP contribution in [0.15, 0.2) is 12.1 Å². The number of alkyl halides is 6. The summed E-state index contributed by atoms with van der Waals surface area (Å²) in [6.45, 7) is 0. The van der Waals surface area contributed by atoms with Crippen molar-refractivity contribution in [2.24, 2.45) is 0 Å². The molecule has 1 heterocycles. The normalized spacial score (nSPS) is 12.4. The third-order valence-corrected chi connectivity index (χ3v) is 2.11. The fraction of sp³-hybridized carbons (Fsp3) is 0.400. The first-order chi connectivity index (χ1) is 8.55. The lowest BCUT2D eigenvalue weighted by atomic mass is 10.1. The van der Waals surface area contributed by atoms with Crippen LogP contribution in [-0.2, 0) is 28.3 Å². The molecule has 0 aliphatic rings. The Hall–Kier alpha value is -1.80. The van der Waals surface area contributed by atoms with Gasteiger partial charge in [0.25, 0.3) is 0 Å². The van der Waals surface area contributed by atoms with E-state index >= 15 is 0 Å². The molecule has 0 saturated heterocycles. The Morgan fingerprint density at radius 2 is 1.74 bits per heavy atom. The molecule has 0 aliphatic carbocycles. The summed E-state index contributed by atoms with van der Waals surface area (Å²) >= 11 is 0. The van der Waals surface area contributed by atoms with Crippen LogP contribution < -0.4 is 0 Å². The quantitative estimate of drug-likeness (QED) is 0.620. The van der Waals surface area contributed by atoms with Crippen molar-refractivity contribution in [3.05, 3.63) is 29.1 Å². The number of methoxy groups -OCH3 is 1. The molecule has 1 rings (SSSR count). The highest BCUT2D eigenvalue weighted by Crippen LogP contribution is 2.34. The summed E-state index contributed by atoms with van der Waals surface area (Å²) in [7, 11) is 0.906. The van der Waals surface area contributed by atoms with Gasteiger partial charge in [0.1, 0.15) is 5.69 Å². The number of carbonyl (C=O) groups excluding carboxylic acids is 1. The molecular weight excluding hydrogens is 280 g/mol. The molecule has 0 unspecified atom stereocenters. The maximum Gasteiger partial charge on any atom is 0.433 e. The number of halogens is 6. The number of esters is 1. The smallest absolute Gasteiger partial charge is 0.433 e. The largest absolute Gasteiger partial charge is 0.469 e. The second kappa shape index (κ2) is 5.06. The van der Waals surface area contributed by atoms with Crippen molar-refractivity contribution in [2.45, 2.75) is 18.8 Å². The average Bonchev–Trinajstić information content (AvgIpc) is 2.26. The third kappa shape index (κ3) is 3.83. The molecule has 0 aromatic carbocycles. The van der Waals surface area contributed by atoms with E-state index in [-0.39, 0.29) is 12.1 Å². The SMILES string of the molecule is COC(=O)Cc1nc(C(F)(F)F)ccc1C(F)(F)F. The number of nitrogens with zero attached hydrogens (tertiary/aromatic N) is 1. The predicted molar refractivity (Wildman–Crippen MR) is 50.0 cm³/mol. The summed E-state index contributed by atoms with van der Waals surface area (Å²) in [5.41, 5.74) is -3.92. The molecule has 0 aliphatic heterocycles. The van der Waals surface area contributed by atoms with Crippen molar-refractivity contribution in [1.82, 2.24) is 4.98 Å². The minimum absolute atomic E-state index is 0.212. The zero-order valence-electron chi connectivity index (χ0n) is 9.39. The number of rotatable bonds is 2. The molecule has 3 nitrogen and oxygen atoms in total. The van der Waals surface area contributed by atoms with E-state index in [1.54, 1.807) is 0 Å². The highest BCUT2D eigenvalue weighted by molar-refractivity contribution is 5.72. The van der Waals surface area contributed by atoms with Crippen LogP contribution >= 0.6 is 0 Å². The molecule has 0 amide bonds. The molecule has 0 spiro atoms. The zero-order valence-corrected chi connectivity index (χ0v) is 9.39. The van der Waals surface area contributed by atoms with Gasteiger partial charge in [-0.3, -0.25) is 4.79 Å². The van der Waals surface area contributed by atoms with Gasteiger partial charge in [-0.25, -0.2) is 4.98 Å². The molecule has 1 aromatic heterocycles. The van der Waals surface area contributed by atoms with Gasteiger partial charge in [-0.05, 0) is 12.1 Å². The van der Waals surface area contributed by atoms with Gasteiger partial charge < -0.3 is 4.74 Å². The van der Waals surface area contributed by atoms with Gasteiger partial charge in [0.15, 0.2) is 0 Å². The zero-order chi connectivity index (χ0) is 14.8. The van der Waals surface area contributed by atoms with E-state index in [4.69, 9.17) is 0 Å². The number of carbonyl (C=O) groups is 1. The van der Waals surface area contributed by atoms with E-state index in [0.717, 1.165) is 7.11 Å². The van der Waals surface area contributed by atoms with Gasteiger partial charge in [-0.1, -0.05) is 0 Å². The van der Waals surface area contributed by atoms with E-state index < -0.39 is 41.7 Å². The fourth-order valence-corrected chi connectivity index (χ4v) is 1.26. The van der Waals surface area contributed by atoms with Crippen LogP contribution in [0, 0.1) is 0 Å². The summed E-state index contributed by atoms with van der Waals surface area (Å²) in [5.74, 6) is -1.11. The highest BCUT2D eigenvalue weighted by Gasteiger charge is 2.38. The lowest BCUT2D eigenvalue weighted by Gasteiger charge is -2.14. The topological polar surface area (TPSA) is 39.2 Å². The van der Waals surface area contributed by atoms with Crippen LogP contribution in [0.1, 0.15) is 17.0 Å². The summed E-state index contributed by atoms with van der Waals surface area (Å²) in [6.07, 6.45) is -10.8. The minimum Gasteiger partial charge on any atom is -0.469 e. The standard InChI is InChI=1S/C10H7F6NO2/c1-19-8(18)4-6-5(9(11,12)13)2-3-7(17-6)10(14,15)16/h2-3H,4H2,1H3. The van der Waals surface area contributed by atoms with E-state index in [0.29, 0.717) is 0 Å². The number of hydrogen-bond donors (Lipinski definition) is 0. The van der Waals surface area contributed by atoms with E-state index in [2.05, 4.69) is 9.72 Å². The molecule has 0 atom stereocenters. The van der Waals surface area contributed by atoms with Crippen LogP contribution in [0.25, 0.3) is 0 Å². The van der Waals surface area contributed by atoms with Crippen LogP contribution in [0.3, 0.4) is 0 Å². The number of hydrogen-bond acceptors (Lipinski definition) is 3. The van der Waals surface area contributed by atoms with E-state index in [1.165, 1.54) is 0 Å². The van der Waals surface area contributed by atoms with Gasteiger partial charge in [0.05, 0.1) is 24.8 Å². The van der Waals surface area contributed by atoms with E-state index in [1.807, 2.05) is 0 Å². The summed E-state index contributed by atoms with van der Waals surface area (Å²) < 4.78 is 78.9. The van der Waals surface area contributed by atoms with Crippen LogP contribution in [0.2, 0.25) is 0 Å². The maximum absolute atomic E-state index is 12.6. The van der Waals surface area contributed by atoms with Crippen molar-refractivity contribution in [3.8, 4) is 0 Å². The molecule has 0 bridgehead atoms. The van der Waals surface area contributed by atoms with Crippen molar-refractivity contribution in [3.63, 3.8) is 0 Å². The van der Waals surface area contributed by atoms with Crippen molar-refractivity contribution in [1.29, 1.82) is 0 Å². The Labute approximate surface area is 103 Å². The number of ether oxygens (including phenoxy) is 1. The number of aromatic nitrogens is 1. The molecule has 19 heavy (non-hydrogen) atoms. The molecule has 106 valence electrons. The molecule has 0 radical (unpaired) electrons. The molecule has 9 heteroatoms. The Morgan fingerprint density at radius 1 is 1.16 bits per heavy atom. The maximum atomic E-state index is 12.6. The Balaban J connectivity index is 3.31. The molecule has 0 N–H and O–H groups in total. The van der Waals surface area contributed by atoms with Crippen molar-refractivity contribution >= 4 is 5.97 Å². The fourth-order valence-electron chi connectivity index (χ4n) is 1.26. The van der Waals surface area contributed by atoms with Crippen LogP contribution in [-0.4, -0.2) is 18.1 Å². The lowest BCUT2D eigenvalue weighted by molar-refractivity contribution is -0.146. The Kier molecular flexibility index (Phi) is 4.06. The summed E-state index contributed by atoms with van der Waals surface area (Å²) in [5, 5.41) is 0. The van der Waals surface area contributed by atoms with Crippen molar-refractivity contribution in [2.75, 3.05) is 7.11 Å². The summed E-state index contributed by atoms with van der Waals surface area (Å²) in [4.78, 5) is 13.8. The minimum atomic E-state index is -4.90. The lowest BCUT2D eigenvalue weighted by Crippen LogP contribution is -2.18. The first-order valence-corrected chi connectivity index (χ1v) is 4.77. The summed E-state index contributed by atoms with van der Waals surface area (Å²) in [6, 6.07) is 0.456. The Bertz CT molecular complexity index is 480. The number of pyridine rings is 1. The second-order valence-corrected chi connectivity index (χ2v) is 3.44. The van der Waals surface area contributed by atoms with Gasteiger partial charge >= 0.3 is 18.3 Å². The van der Waals surface area contributed by atoms with Crippen LogP contribution in [0.4, 0.5) is 26.3 Å². The molecule has 1 aromatic rings. The third-order valence-electron chi connectivity index (χ3n) is 2.11. The van der Waals surface area contributed by atoms with E-state index in [9.17, 15) is 31.1 Å². The van der Waals surface area contributed by atoms with Gasteiger partial charge in [-0.15, -0.1) is 0 Å². The van der Waals surface area contributed by atoms with Crippen LogP contribution in [0.5, 0.6) is 0 Å². The van der Waals surface area contributed by atoms with Crippen molar-refractivity contribution < 1.29 is 35.9 Å². The first-order valence-electron chi connectivity index (χ1n) is 4.77. The van der Waals surface area contributed by atoms with Gasteiger partial charge in [0, 0.05) is 0 Å². The molecular formula is C10H7F6NO2. The predicted octanol–water partition coefficient (Wildman–Crippen LogP) is 2.83. The van der Waals surface area contributed by atoms with Gasteiger partial charge in [-0.2, -0.15) is 26.3 Å². The second-order valence-electron chi connectivity index (χ2n) is 3.44. The average molecular weight is 287 g/mol. The highest BCUT2D eigenvalue weighted by atomic mass is 19.4. The molecule has 0 fully saturated rings. The molecule has 0 saturated carbocycles.